The van der Waals surface area contributed by atoms with Crippen molar-refractivity contribution in [2.75, 3.05) is 19.0 Å². The molecule has 2 N–H and O–H groups in total. The van der Waals surface area contributed by atoms with E-state index >= 15 is 0 Å². The second-order valence-corrected chi connectivity index (χ2v) is 5.19. The maximum Gasteiger partial charge on any atom is 0.337 e. The van der Waals surface area contributed by atoms with Gasteiger partial charge in [-0.05, 0) is 30.3 Å². The summed E-state index contributed by atoms with van der Waals surface area (Å²) in [6, 6.07) is 12.8. The van der Waals surface area contributed by atoms with E-state index in [-0.39, 0.29) is 6.54 Å². The fourth-order valence-electron chi connectivity index (χ4n) is 1.95. The van der Waals surface area contributed by atoms with Crippen LogP contribution >= 0.6 is 11.6 Å². The lowest BCUT2D eigenvalue weighted by Crippen LogP contribution is -2.33. The van der Waals surface area contributed by atoms with Gasteiger partial charge in [-0.1, -0.05) is 29.8 Å². The van der Waals surface area contributed by atoms with Gasteiger partial charge in [0.25, 0.3) is 5.91 Å². The normalized spacial score (nSPS) is 9.92. The fraction of sp³-hybridized carbons (Fsp3) is 0.118. The van der Waals surface area contributed by atoms with E-state index in [4.69, 9.17) is 11.6 Å². The predicted octanol–water partition coefficient (Wildman–Crippen LogP) is 2.50. The second-order valence-electron chi connectivity index (χ2n) is 4.78. The van der Waals surface area contributed by atoms with E-state index in [1.807, 2.05) is 0 Å². The van der Waals surface area contributed by atoms with Crippen LogP contribution in [0, 0.1) is 0 Å². The summed E-state index contributed by atoms with van der Waals surface area (Å²) in [5.74, 6) is -1.38. The average molecular weight is 347 g/mol. The molecule has 2 aromatic rings. The molecule has 0 saturated heterocycles. The van der Waals surface area contributed by atoms with Crippen LogP contribution in [0.1, 0.15) is 20.7 Å². The predicted molar refractivity (Wildman–Crippen MR) is 90.2 cm³/mol. The summed E-state index contributed by atoms with van der Waals surface area (Å²) in [6.07, 6.45) is 0. The molecule has 6 nitrogen and oxygen atoms in total. The van der Waals surface area contributed by atoms with E-state index in [1.165, 1.54) is 13.2 Å². The van der Waals surface area contributed by atoms with Crippen LogP contribution in [0.15, 0.2) is 48.5 Å². The summed E-state index contributed by atoms with van der Waals surface area (Å²) in [5, 5.41) is 5.38. The Kier molecular flexibility index (Phi) is 5.92. The molecule has 0 fully saturated rings. The number of methoxy groups -OCH3 is 1. The third-order valence-electron chi connectivity index (χ3n) is 3.10. The zero-order valence-electron chi connectivity index (χ0n) is 12.8. The lowest BCUT2D eigenvalue weighted by Gasteiger charge is -2.08. The number of amides is 2. The molecule has 24 heavy (non-hydrogen) atoms. The summed E-state index contributed by atoms with van der Waals surface area (Å²) in [6.45, 7) is -0.230. The van der Waals surface area contributed by atoms with Crippen molar-refractivity contribution >= 4 is 35.1 Å². The maximum atomic E-state index is 12.0. The lowest BCUT2D eigenvalue weighted by atomic mass is 10.2. The van der Waals surface area contributed by atoms with Gasteiger partial charge in [0.1, 0.15) is 0 Å². The van der Waals surface area contributed by atoms with Crippen molar-refractivity contribution in [2.24, 2.45) is 0 Å². The van der Waals surface area contributed by atoms with Crippen molar-refractivity contribution in [3.05, 3.63) is 64.7 Å². The molecule has 2 aromatic carbocycles. The third-order valence-corrected chi connectivity index (χ3v) is 3.42. The van der Waals surface area contributed by atoms with Gasteiger partial charge in [-0.2, -0.15) is 0 Å². The molecule has 124 valence electrons. The number of carbonyl (C=O) groups excluding carboxylic acids is 3. The molecule has 2 rings (SSSR count). The molecule has 0 atom stereocenters. The van der Waals surface area contributed by atoms with Crippen LogP contribution in [0.4, 0.5) is 5.69 Å². The molecular formula is C17H15ClN2O4. The van der Waals surface area contributed by atoms with Crippen molar-refractivity contribution in [2.45, 2.75) is 0 Å². The highest BCUT2D eigenvalue weighted by atomic mass is 35.5. The number of anilines is 1. The second kappa shape index (κ2) is 8.12. The van der Waals surface area contributed by atoms with Crippen LogP contribution in [0.5, 0.6) is 0 Å². The first-order valence-corrected chi connectivity index (χ1v) is 7.40. The minimum absolute atomic E-state index is 0.230. The Morgan fingerprint density at radius 1 is 1.08 bits per heavy atom. The van der Waals surface area contributed by atoms with Crippen LogP contribution in [0.3, 0.4) is 0 Å². The van der Waals surface area contributed by atoms with Crippen LogP contribution in [0.25, 0.3) is 0 Å². The maximum absolute atomic E-state index is 12.0. The summed E-state index contributed by atoms with van der Waals surface area (Å²) < 4.78 is 4.61. The van der Waals surface area contributed by atoms with E-state index in [1.54, 1.807) is 42.5 Å². The molecule has 2 amide bonds. The summed E-state index contributed by atoms with van der Waals surface area (Å²) in [4.78, 5) is 35.3. The van der Waals surface area contributed by atoms with Gasteiger partial charge >= 0.3 is 5.97 Å². The Labute approximate surface area is 143 Å². The van der Waals surface area contributed by atoms with Crippen molar-refractivity contribution in [3.63, 3.8) is 0 Å². The number of halogens is 1. The average Bonchev–Trinajstić information content (AvgIpc) is 2.59. The van der Waals surface area contributed by atoms with Crippen LogP contribution in [-0.4, -0.2) is 31.4 Å². The first kappa shape index (κ1) is 17.5. The number of benzene rings is 2. The third kappa shape index (κ3) is 4.57. The molecule has 0 aliphatic heterocycles. The van der Waals surface area contributed by atoms with Crippen LogP contribution < -0.4 is 10.6 Å². The molecule has 0 saturated carbocycles. The van der Waals surface area contributed by atoms with E-state index in [9.17, 15) is 14.4 Å². The number of rotatable bonds is 5. The van der Waals surface area contributed by atoms with Crippen LogP contribution in [0.2, 0.25) is 5.02 Å². The molecule has 0 unspecified atom stereocenters. The molecular weight excluding hydrogens is 332 g/mol. The molecule has 7 heteroatoms. The Hall–Kier alpha value is -2.86. The molecule has 0 spiro atoms. The highest BCUT2D eigenvalue weighted by molar-refractivity contribution is 6.33. The fourth-order valence-corrected chi connectivity index (χ4v) is 2.17. The zero-order valence-corrected chi connectivity index (χ0v) is 13.6. The smallest absolute Gasteiger partial charge is 0.337 e. The van der Waals surface area contributed by atoms with Gasteiger partial charge in [0.15, 0.2) is 0 Å². The highest BCUT2D eigenvalue weighted by Gasteiger charge is 2.12. The number of nitrogens with one attached hydrogen (secondary N) is 2. The number of hydrogen-bond donors (Lipinski definition) is 2. The zero-order chi connectivity index (χ0) is 17.5. The Morgan fingerprint density at radius 3 is 2.54 bits per heavy atom. The highest BCUT2D eigenvalue weighted by Crippen LogP contribution is 2.14. The van der Waals surface area contributed by atoms with E-state index in [2.05, 4.69) is 15.4 Å². The van der Waals surface area contributed by atoms with Gasteiger partial charge in [-0.15, -0.1) is 0 Å². The largest absolute Gasteiger partial charge is 0.465 e. The summed E-state index contributed by atoms with van der Waals surface area (Å²) in [5.41, 5.74) is 1.03. The number of hydrogen-bond acceptors (Lipinski definition) is 4. The summed E-state index contributed by atoms with van der Waals surface area (Å²) >= 11 is 5.92. The molecule has 0 aromatic heterocycles. The number of esters is 1. The van der Waals surface area contributed by atoms with Gasteiger partial charge in [-0.3, -0.25) is 9.59 Å². The molecule has 0 aliphatic carbocycles. The summed E-state index contributed by atoms with van der Waals surface area (Å²) in [7, 11) is 1.28. The van der Waals surface area contributed by atoms with E-state index in [0.717, 1.165) is 0 Å². The van der Waals surface area contributed by atoms with Gasteiger partial charge in [0, 0.05) is 5.69 Å². The van der Waals surface area contributed by atoms with Crippen molar-refractivity contribution in [1.29, 1.82) is 0 Å². The Bertz CT molecular complexity index is 777. The minimum atomic E-state index is -0.502. The van der Waals surface area contributed by atoms with Crippen LogP contribution in [-0.2, 0) is 9.53 Å². The van der Waals surface area contributed by atoms with Gasteiger partial charge in [0.05, 0.1) is 29.8 Å². The van der Waals surface area contributed by atoms with E-state index in [0.29, 0.717) is 21.8 Å². The monoisotopic (exact) mass is 346 g/mol. The van der Waals surface area contributed by atoms with Crippen molar-refractivity contribution < 1.29 is 19.1 Å². The quantitative estimate of drug-likeness (QED) is 0.815. The Morgan fingerprint density at radius 2 is 1.83 bits per heavy atom. The molecule has 0 aliphatic rings. The van der Waals surface area contributed by atoms with E-state index < -0.39 is 17.8 Å². The first-order valence-electron chi connectivity index (χ1n) is 7.02. The topological polar surface area (TPSA) is 84.5 Å². The SMILES string of the molecule is COC(=O)c1cccc(NC(=O)CNC(=O)c2ccccc2Cl)c1. The van der Waals surface area contributed by atoms with Crippen molar-refractivity contribution in [3.8, 4) is 0 Å². The number of carbonyl (C=O) groups is 3. The van der Waals surface area contributed by atoms with Crippen molar-refractivity contribution in [1.82, 2.24) is 5.32 Å². The first-order chi connectivity index (χ1) is 11.5. The lowest BCUT2D eigenvalue weighted by molar-refractivity contribution is -0.115. The molecule has 0 heterocycles. The van der Waals surface area contributed by atoms with Gasteiger partial charge in [-0.25, -0.2) is 4.79 Å². The van der Waals surface area contributed by atoms with Gasteiger partial charge < -0.3 is 15.4 Å². The minimum Gasteiger partial charge on any atom is -0.465 e. The number of ether oxygens (including phenoxy) is 1. The standard InChI is InChI=1S/C17H15ClN2O4/c1-24-17(23)11-5-4-6-12(9-11)20-15(21)10-19-16(22)13-7-2-3-8-14(13)18/h2-9H,10H2,1H3,(H,19,22)(H,20,21). The van der Waals surface area contributed by atoms with Gasteiger partial charge in [0.2, 0.25) is 5.91 Å². The molecule has 0 bridgehead atoms. The Balaban J connectivity index is 1.93. The molecule has 0 radical (unpaired) electrons.